The molecule has 0 N–H and O–H groups in total. The quantitative estimate of drug-likeness (QED) is 0.119. The number of hydrogen-bond acceptors (Lipinski definition) is 6. The predicted molar refractivity (Wildman–Crippen MR) is 165 cm³/mol. The van der Waals surface area contributed by atoms with Crippen LogP contribution < -0.4 is 14.2 Å². The van der Waals surface area contributed by atoms with Crippen molar-refractivity contribution >= 4 is 33.5 Å². The lowest BCUT2D eigenvalue weighted by atomic mass is 9.92. The summed E-state index contributed by atoms with van der Waals surface area (Å²) in [6.45, 7) is 2.09. The molecule has 6 heteroatoms. The summed E-state index contributed by atoms with van der Waals surface area (Å²) < 4.78 is 23.3. The smallest absolute Gasteiger partial charge is 0.408 e. The minimum absolute atomic E-state index is 0.342. The van der Waals surface area contributed by atoms with Gasteiger partial charge in [0.2, 0.25) is 0 Å². The molecule has 0 spiro atoms. The third-order valence-corrected chi connectivity index (χ3v) is 7.37. The maximum Gasteiger partial charge on any atom is 0.408 e. The molecule has 1 aliphatic heterocycles. The van der Waals surface area contributed by atoms with Gasteiger partial charge in [-0.15, -0.1) is 0 Å². The average Bonchev–Trinajstić information content (AvgIpc) is 3.21. The lowest BCUT2D eigenvalue weighted by molar-refractivity contribution is -0.162. The summed E-state index contributed by atoms with van der Waals surface area (Å²) in [5, 5.41) is 4.14. The molecule has 0 saturated carbocycles. The first-order valence-electron chi connectivity index (χ1n) is 13.7. The second-order valence-corrected chi connectivity index (χ2v) is 9.98. The Morgan fingerprint density at radius 2 is 1.14 bits per heavy atom. The minimum atomic E-state index is -1.31. The summed E-state index contributed by atoms with van der Waals surface area (Å²) in [5.74, 6) is 0.426. The number of carbonyl (C=O) groups is 2. The van der Waals surface area contributed by atoms with E-state index in [-0.39, 0.29) is 0 Å². The highest BCUT2D eigenvalue weighted by Crippen LogP contribution is 2.47. The van der Waals surface area contributed by atoms with Crippen molar-refractivity contribution in [3.63, 3.8) is 0 Å². The summed E-state index contributed by atoms with van der Waals surface area (Å²) >= 11 is 0. The predicted octanol–water partition coefficient (Wildman–Crippen LogP) is 8.33. The minimum Gasteiger partial charge on any atom is -0.423 e. The molecule has 1 heterocycles. The van der Waals surface area contributed by atoms with Crippen LogP contribution in [0.15, 0.2) is 134 Å². The van der Waals surface area contributed by atoms with Crippen molar-refractivity contribution in [3.8, 4) is 39.5 Å². The Kier molecular flexibility index (Phi) is 6.56. The highest BCUT2D eigenvalue weighted by atomic mass is 16.9. The van der Waals surface area contributed by atoms with Crippen LogP contribution in [0.1, 0.15) is 10.4 Å². The Morgan fingerprint density at radius 3 is 1.67 bits per heavy atom. The zero-order valence-electron chi connectivity index (χ0n) is 22.9. The summed E-state index contributed by atoms with van der Waals surface area (Å²) in [6.07, 6.45) is 1.11. The molecule has 7 rings (SSSR count). The Morgan fingerprint density at radius 1 is 0.628 bits per heavy atom. The first kappa shape index (κ1) is 26.0. The molecule has 43 heavy (non-hydrogen) atoms. The molecule has 0 radical (unpaired) electrons. The molecule has 208 valence electrons. The van der Waals surface area contributed by atoms with E-state index in [9.17, 15) is 9.59 Å². The maximum absolute atomic E-state index is 13.3. The van der Waals surface area contributed by atoms with Crippen LogP contribution in [0.25, 0.3) is 43.8 Å². The third kappa shape index (κ3) is 4.96. The van der Waals surface area contributed by atoms with Crippen LogP contribution in [0.5, 0.6) is 17.2 Å². The van der Waals surface area contributed by atoms with Crippen molar-refractivity contribution in [2.45, 2.75) is 6.48 Å². The summed E-state index contributed by atoms with van der Waals surface area (Å²) in [7, 11) is 0. The van der Waals surface area contributed by atoms with E-state index in [0.717, 1.165) is 49.9 Å². The average molecular weight is 565 g/mol. The first-order chi connectivity index (χ1) is 21.1. The van der Waals surface area contributed by atoms with E-state index in [2.05, 4.69) is 30.8 Å². The Balaban J connectivity index is 1.18. The zero-order valence-corrected chi connectivity index (χ0v) is 22.9. The molecule has 0 unspecified atom stereocenters. The van der Waals surface area contributed by atoms with Crippen molar-refractivity contribution in [1.29, 1.82) is 0 Å². The fraction of sp³-hybridized carbons (Fsp3) is 0.0270. The Labute approximate surface area is 247 Å². The van der Waals surface area contributed by atoms with Crippen LogP contribution in [0, 0.1) is 0 Å². The van der Waals surface area contributed by atoms with Gasteiger partial charge in [-0.3, -0.25) is 0 Å². The zero-order chi connectivity index (χ0) is 29.3. The van der Waals surface area contributed by atoms with Gasteiger partial charge < -0.3 is 18.9 Å². The van der Waals surface area contributed by atoms with Crippen molar-refractivity contribution < 1.29 is 28.5 Å². The molecule has 1 aliphatic rings. The summed E-state index contributed by atoms with van der Waals surface area (Å²) in [6, 6.07) is 38.0. The van der Waals surface area contributed by atoms with Gasteiger partial charge in [0, 0.05) is 17.2 Å². The van der Waals surface area contributed by atoms with E-state index < -0.39 is 18.4 Å². The van der Waals surface area contributed by atoms with Gasteiger partial charge in [-0.25, -0.2) is 9.59 Å². The summed E-state index contributed by atoms with van der Waals surface area (Å²) in [5.41, 5.74) is 3.88. The molecule has 0 aromatic heterocycles. The second kappa shape index (κ2) is 10.8. The monoisotopic (exact) mass is 564 g/mol. The van der Waals surface area contributed by atoms with Gasteiger partial charge in [0.05, 0.1) is 5.56 Å². The van der Waals surface area contributed by atoms with Gasteiger partial charge in [0.1, 0.15) is 17.2 Å². The molecule has 6 aromatic rings. The highest BCUT2D eigenvalue weighted by molar-refractivity contribution is 6.10. The largest absolute Gasteiger partial charge is 0.423 e. The fourth-order valence-electron chi connectivity index (χ4n) is 5.32. The molecule has 0 atom stereocenters. The topological polar surface area (TPSA) is 71.1 Å². The first-order valence-corrected chi connectivity index (χ1v) is 13.7. The number of hydrogen-bond donors (Lipinski definition) is 0. The second-order valence-electron chi connectivity index (χ2n) is 9.98. The van der Waals surface area contributed by atoms with Gasteiger partial charge in [-0.05, 0) is 69.1 Å². The van der Waals surface area contributed by atoms with Crippen LogP contribution in [-0.2, 0) is 9.53 Å². The van der Waals surface area contributed by atoms with Crippen LogP contribution >= 0.6 is 0 Å². The van der Waals surface area contributed by atoms with Crippen molar-refractivity contribution in [2.75, 3.05) is 0 Å². The lowest BCUT2D eigenvalue weighted by Crippen LogP contribution is -2.29. The highest BCUT2D eigenvalue weighted by Gasteiger charge is 2.29. The molecular weight excluding hydrogens is 540 g/mol. The number of benzene rings is 6. The molecule has 0 aliphatic carbocycles. The van der Waals surface area contributed by atoms with Crippen molar-refractivity contribution in [2.24, 2.45) is 0 Å². The van der Waals surface area contributed by atoms with Crippen LogP contribution in [0.3, 0.4) is 0 Å². The van der Waals surface area contributed by atoms with Gasteiger partial charge in [0.15, 0.2) is 0 Å². The van der Waals surface area contributed by atoms with Crippen LogP contribution in [0.2, 0.25) is 0 Å². The van der Waals surface area contributed by atoms with Gasteiger partial charge in [0.25, 0.3) is 0 Å². The summed E-state index contributed by atoms with van der Waals surface area (Å²) in [4.78, 5) is 24.7. The van der Waals surface area contributed by atoms with Crippen LogP contribution in [0.4, 0.5) is 0 Å². The van der Waals surface area contributed by atoms with Crippen molar-refractivity contribution in [3.05, 3.63) is 140 Å². The number of carbonyl (C=O) groups excluding carboxylic acids is 2. The van der Waals surface area contributed by atoms with Gasteiger partial charge in [-0.2, -0.15) is 0 Å². The molecule has 0 fully saturated rings. The molecule has 0 saturated heterocycles. The number of rotatable bonds is 5. The molecule has 0 bridgehead atoms. The van der Waals surface area contributed by atoms with E-state index >= 15 is 0 Å². The molecule has 6 nitrogen and oxygen atoms in total. The number of esters is 2. The lowest BCUT2D eigenvalue weighted by Gasteiger charge is -2.18. The van der Waals surface area contributed by atoms with E-state index in [1.807, 2.05) is 72.8 Å². The van der Waals surface area contributed by atoms with E-state index in [0.29, 0.717) is 22.8 Å². The maximum atomic E-state index is 13.3. The molecule has 0 amide bonds. The molecular formula is C37H24O6. The number of ether oxygens (including phenoxy) is 4. The molecule has 6 aromatic carbocycles. The van der Waals surface area contributed by atoms with Gasteiger partial charge >= 0.3 is 18.4 Å². The normalized spacial score (nSPS) is 12.3. The fourth-order valence-corrected chi connectivity index (χ4v) is 5.32. The van der Waals surface area contributed by atoms with Gasteiger partial charge in [-0.1, -0.05) is 91.5 Å². The Bertz CT molecular complexity index is 1940. The Hall–Kier alpha value is -5.88. The van der Waals surface area contributed by atoms with Crippen molar-refractivity contribution in [1.82, 2.24) is 0 Å². The third-order valence-electron chi connectivity index (χ3n) is 7.37. The number of fused-ring (bicyclic) bond motifs is 7. The van der Waals surface area contributed by atoms with E-state index in [1.54, 1.807) is 24.3 Å². The SMILES string of the molecule is C=CC(=O)Oc1ccc(-c2ccc(C(=O)OC3Oc4ccc5ccccc5c4-c4c(ccc5ccccc45)O3)cc2)cc1. The standard InChI is InChI=1S/C37H24O6/c1-2-33(38)40-28-19-15-24(16-20-28)23-11-13-27(14-12-23)36(39)43-37-41-31-21-17-25-7-3-5-9-29(25)34(31)35-30-10-6-4-8-26(30)18-22-32(35)42-37/h2-22,37H,1H2. The van der Waals surface area contributed by atoms with Crippen LogP contribution in [-0.4, -0.2) is 18.4 Å². The van der Waals surface area contributed by atoms with E-state index in [4.69, 9.17) is 18.9 Å². The van der Waals surface area contributed by atoms with E-state index in [1.165, 1.54) is 0 Å².